The van der Waals surface area contributed by atoms with Gasteiger partial charge >= 0.3 is 0 Å². The molecule has 0 fully saturated rings. The highest BCUT2D eigenvalue weighted by Gasteiger charge is 2.34. The largest absolute Gasteiger partial charge is 0.339 e. The average molecular weight is 480 g/mol. The molecule has 4 nitrogen and oxygen atoms in total. The Morgan fingerprint density at radius 2 is 1.85 bits per heavy atom. The third-order valence-electron chi connectivity index (χ3n) is 3.34. The average Bonchev–Trinajstić information content (AvgIpc) is 2.53. The van der Waals surface area contributed by atoms with Gasteiger partial charge in [-0.1, -0.05) is 84.2 Å². The minimum absolute atomic E-state index is 0.122. The summed E-state index contributed by atoms with van der Waals surface area (Å²) in [5.41, 5.74) is 0.491. The Hall–Kier alpha value is -0.170. The molecule has 0 saturated heterocycles. The fourth-order valence-electron chi connectivity index (χ4n) is 2.03. The number of carbonyl (C=O) groups is 1. The molecule has 0 unspecified atom stereocenters. The number of alkyl halides is 3. The Labute approximate surface area is 184 Å². The summed E-state index contributed by atoms with van der Waals surface area (Å²) in [5.74, 6) is -0.228. The van der Waals surface area contributed by atoms with Crippen LogP contribution < -0.4 is 16.0 Å². The lowest BCUT2D eigenvalue weighted by atomic mass is 10.1. The van der Waals surface area contributed by atoms with E-state index in [1.54, 1.807) is 18.2 Å². The van der Waals surface area contributed by atoms with Crippen molar-refractivity contribution in [1.29, 1.82) is 0 Å². The maximum Gasteiger partial charge on any atom is 0.228 e. The number of unbranched alkanes of at least 4 members (excludes halogenated alkanes) is 3. The molecular weight excluding hydrogens is 460 g/mol. The third-order valence-corrected chi connectivity index (χ3v) is 4.78. The Bertz CT molecular complexity index is 624. The second kappa shape index (κ2) is 11.6. The van der Waals surface area contributed by atoms with Gasteiger partial charge in [-0.2, -0.15) is 0 Å². The molecule has 1 aromatic carbocycles. The zero-order chi connectivity index (χ0) is 19.7. The Morgan fingerprint density at radius 3 is 2.46 bits per heavy atom. The molecule has 3 N–H and O–H groups in total. The number of carbonyl (C=O) groups excluding carboxylic acids is 1. The summed E-state index contributed by atoms with van der Waals surface area (Å²) in [4.78, 5) is 12.1. The fourth-order valence-corrected chi connectivity index (χ4v) is 2.92. The van der Waals surface area contributed by atoms with Crippen LogP contribution in [0.3, 0.4) is 0 Å². The number of amides is 1. The molecule has 1 amide bonds. The first-order valence-corrected chi connectivity index (χ1v) is 10.3. The number of anilines is 1. The Balaban J connectivity index is 2.65. The molecule has 10 heteroatoms. The van der Waals surface area contributed by atoms with Crippen molar-refractivity contribution in [2.24, 2.45) is 0 Å². The maximum absolute atomic E-state index is 12.1. The lowest BCUT2D eigenvalue weighted by Crippen LogP contribution is -2.56. The monoisotopic (exact) mass is 477 g/mol. The normalized spacial score (nSPS) is 12.4. The van der Waals surface area contributed by atoms with Gasteiger partial charge in [-0.3, -0.25) is 4.79 Å². The quantitative estimate of drug-likeness (QED) is 0.184. The number of halogens is 5. The topological polar surface area (TPSA) is 53.2 Å². The van der Waals surface area contributed by atoms with Crippen LogP contribution in [0.25, 0.3) is 0 Å². The number of benzene rings is 1. The molecule has 1 rings (SSSR count). The molecule has 0 saturated carbocycles. The summed E-state index contributed by atoms with van der Waals surface area (Å²) in [7, 11) is 0. The summed E-state index contributed by atoms with van der Waals surface area (Å²) in [6.07, 6.45) is 3.25. The van der Waals surface area contributed by atoms with Crippen molar-refractivity contribution in [2.45, 2.75) is 49.0 Å². The van der Waals surface area contributed by atoms with Crippen LogP contribution in [0.1, 0.15) is 39.0 Å². The first-order chi connectivity index (χ1) is 12.1. The molecule has 26 heavy (non-hydrogen) atoms. The maximum atomic E-state index is 12.1. The number of hydrogen-bond donors (Lipinski definition) is 3. The summed E-state index contributed by atoms with van der Waals surface area (Å²) in [6.45, 7) is 2.10. The van der Waals surface area contributed by atoms with Gasteiger partial charge in [-0.25, -0.2) is 0 Å². The summed E-state index contributed by atoms with van der Waals surface area (Å²) >= 11 is 35.1. The molecule has 0 bridgehead atoms. The van der Waals surface area contributed by atoms with Crippen LogP contribution in [-0.4, -0.2) is 21.0 Å². The van der Waals surface area contributed by atoms with Crippen molar-refractivity contribution in [3.8, 4) is 0 Å². The van der Waals surface area contributed by atoms with Crippen molar-refractivity contribution < 1.29 is 4.79 Å². The predicted molar refractivity (Wildman–Crippen MR) is 117 cm³/mol. The fraction of sp³-hybridized carbons (Fsp3) is 0.500. The Kier molecular flexibility index (Phi) is 10.7. The van der Waals surface area contributed by atoms with Crippen LogP contribution in [-0.2, 0) is 4.79 Å². The lowest BCUT2D eigenvalue weighted by Gasteiger charge is -2.28. The van der Waals surface area contributed by atoms with Crippen molar-refractivity contribution in [3.05, 3.63) is 28.2 Å². The highest BCUT2D eigenvalue weighted by molar-refractivity contribution is 7.80. The van der Waals surface area contributed by atoms with Crippen molar-refractivity contribution in [2.75, 3.05) is 5.32 Å². The van der Waals surface area contributed by atoms with E-state index in [0.717, 1.165) is 25.7 Å². The third kappa shape index (κ3) is 9.16. The van der Waals surface area contributed by atoms with Crippen LogP contribution in [0.2, 0.25) is 10.0 Å². The number of rotatable bonds is 8. The van der Waals surface area contributed by atoms with Crippen LogP contribution >= 0.6 is 70.2 Å². The molecule has 0 spiro atoms. The summed E-state index contributed by atoms with van der Waals surface area (Å²) in [5, 5.41) is 9.31. The number of hydrogen-bond acceptors (Lipinski definition) is 2. The predicted octanol–water partition coefficient (Wildman–Crippen LogP) is 6.06. The zero-order valence-electron chi connectivity index (χ0n) is 14.1. The van der Waals surface area contributed by atoms with Gasteiger partial charge in [-0.15, -0.1) is 0 Å². The van der Waals surface area contributed by atoms with Gasteiger partial charge in [-0.05, 0) is 36.8 Å². The van der Waals surface area contributed by atoms with E-state index in [-0.39, 0.29) is 11.0 Å². The SMILES string of the molecule is CCCCCCC(=O)N[C@@H](NC(=S)Nc1cc(Cl)ccc1Cl)C(Cl)(Cl)Cl. The molecule has 0 radical (unpaired) electrons. The van der Waals surface area contributed by atoms with E-state index >= 15 is 0 Å². The number of nitrogens with one attached hydrogen (secondary N) is 3. The van der Waals surface area contributed by atoms with E-state index in [9.17, 15) is 4.79 Å². The van der Waals surface area contributed by atoms with Crippen LogP contribution in [0.4, 0.5) is 5.69 Å². The van der Waals surface area contributed by atoms with E-state index in [1.165, 1.54) is 0 Å². The first-order valence-electron chi connectivity index (χ1n) is 8.02. The van der Waals surface area contributed by atoms with Gasteiger partial charge < -0.3 is 16.0 Å². The highest BCUT2D eigenvalue weighted by atomic mass is 35.6. The molecule has 1 aromatic rings. The second-order valence-corrected chi connectivity index (χ2v) is 9.20. The molecule has 146 valence electrons. The molecule has 0 aliphatic carbocycles. The van der Waals surface area contributed by atoms with Crippen LogP contribution in [0.15, 0.2) is 18.2 Å². The van der Waals surface area contributed by atoms with E-state index in [1.807, 2.05) is 0 Å². The van der Waals surface area contributed by atoms with Crippen LogP contribution in [0, 0.1) is 0 Å². The zero-order valence-corrected chi connectivity index (χ0v) is 18.6. The first kappa shape index (κ1) is 23.9. The van der Waals surface area contributed by atoms with Gasteiger partial charge in [0, 0.05) is 11.4 Å². The van der Waals surface area contributed by atoms with Gasteiger partial charge in [0.2, 0.25) is 9.70 Å². The highest BCUT2D eigenvalue weighted by Crippen LogP contribution is 2.30. The van der Waals surface area contributed by atoms with E-state index in [4.69, 9.17) is 70.2 Å². The molecular formula is C16H20Cl5N3OS. The standard InChI is InChI=1S/C16H20Cl5N3OS/c1-2-3-4-5-6-13(25)23-14(16(19,20)21)24-15(26)22-12-9-10(17)7-8-11(12)18/h7-9,14H,2-6H2,1H3,(H,23,25)(H2,22,24,26)/t14-/m0/s1. The van der Waals surface area contributed by atoms with Crippen LogP contribution in [0.5, 0.6) is 0 Å². The van der Waals surface area contributed by atoms with Gasteiger partial charge in [0.15, 0.2) is 5.11 Å². The minimum atomic E-state index is -1.80. The Morgan fingerprint density at radius 1 is 1.15 bits per heavy atom. The van der Waals surface area contributed by atoms with Crippen molar-refractivity contribution in [3.63, 3.8) is 0 Å². The van der Waals surface area contributed by atoms with E-state index < -0.39 is 9.96 Å². The molecule has 0 heterocycles. The molecule has 0 aliphatic rings. The summed E-state index contributed by atoms with van der Waals surface area (Å²) in [6, 6.07) is 4.88. The van der Waals surface area contributed by atoms with E-state index in [0.29, 0.717) is 22.2 Å². The van der Waals surface area contributed by atoms with Gasteiger partial charge in [0.25, 0.3) is 0 Å². The number of thiocarbonyl (C=S) groups is 1. The van der Waals surface area contributed by atoms with Gasteiger partial charge in [0.05, 0.1) is 10.7 Å². The van der Waals surface area contributed by atoms with E-state index in [2.05, 4.69) is 22.9 Å². The smallest absolute Gasteiger partial charge is 0.228 e. The molecule has 0 aliphatic heterocycles. The van der Waals surface area contributed by atoms with Gasteiger partial charge in [0.1, 0.15) is 6.17 Å². The minimum Gasteiger partial charge on any atom is -0.339 e. The lowest BCUT2D eigenvalue weighted by molar-refractivity contribution is -0.122. The second-order valence-electron chi connectivity index (χ2n) is 5.58. The molecule has 0 aromatic heterocycles. The van der Waals surface area contributed by atoms with Crippen molar-refractivity contribution in [1.82, 2.24) is 10.6 Å². The van der Waals surface area contributed by atoms with Crippen molar-refractivity contribution >= 4 is 86.9 Å². The summed E-state index contributed by atoms with van der Waals surface area (Å²) < 4.78 is -1.80. The molecule has 1 atom stereocenters.